The Morgan fingerprint density at radius 1 is 1.18 bits per heavy atom. The van der Waals surface area contributed by atoms with E-state index in [1.54, 1.807) is 20.3 Å². The van der Waals surface area contributed by atoms with E-state index in [1.165, 1.54) is 7.11 Å². The van der Waals surface area contributed by atoms with E-state index < -0.39 is 0 Å². The van der Waals surface area contributed by atoms with E-state index in [4.69, 9.17) is 9.47 Å². The minimum atomic E-state index is -0.295. The van der Waals surface area contributed by atoms with Crippen molar-refractivity contribution >= 4 is 5.97 Å². The summed E-state index contributed by atoms with van der Waals surface area (Å²) in [6.07, 6.45) is 5.85. The number of hydrogen-bond donors (Lipinski definition) is 0. The molecule has 96 valence electrons. The van der Waals surface area contributed by atoms with Crippen LogP contribution in [0.15, 0.2) is 11.6 Å². The van der Waals surface area contributed by atoms with Gasteiger partial charge in [0.1, 0.15) is 0 Å². The highest BCUT2D eigenvalue weighted by atomic mass is 16.5. The Balaban J connectivity index is 2.14. The molecule has 0 aromatic rings. The molecule has 4 nitrogen and oxygen atoms in total. The van der Waals surface area contributed by atoms with Gasteiger partial charge in [0.25, 0.3) is 0 Å². The second kappa shape index (κ2) is 4.78. The third kappa shape index (κ3) is 2.24. The first kappa shape index (κ1) is 12.6. The molecule has 0 aromatic heterocycles. The van der Waals surface area contributed by atoms with Crippen LogP contribution in [0.5, 0.6) is 0 Å². The number of hydrogen-bond acceptors (Lipinski definition) is 4. The molecule has 2 aliphatic carbocycles. The largest absolute Gasteiger partial charge is 0.466 e. The minimum Gasteiger partial charge on any atom is -0.466 e. The number of methoxy groups -OCH3 is 3. The number of rotatable bonds is 3. The highest BCUT2D eigenvalue weighted by molar-refractivity contribution is 5.82. The van der Waals surface area contributed by atoms with Gasteiger partial charge >= 0.3 is 5.97 Å². The molecule has 0 bridgehead atoms. The molecule has 0 amide bonds. The Hall–Kier alpha value is -0.870. The van der Waals surface area contributed by atoms with Gasteiger partial charge in [0.15, 0.2) is 0 Å². The van der Waals surface area contributed by atoms with Crippen molar-refractivity contribution in [3.63, 3.8) is 0 Å². The molecule has 2 fully saturated rings. The third-order valence-electron chi connectivity index (χ3n) is 4.10. The third-order valence-corrected chi connectivity index (χ3v) is 4.10. The first-order valence-corrected chi connectivity index (χ1v) is 5.99. The SMILES string of the molecule is COC(=O)C=C1CC(OC)C2(CC2)C(OC)C1. The van der Waals surface area contributed by atoms with Crippen LogP contribution in [0.1, 0.15) is 25.7 Å². The van der Waals surface area contributed by atoms with E-state index in [9.17, 15) is 4.79 Å². The fourth-order valence-electron chi connectivity index (χ4n) is 2.94. The maximum atomic E-state index is 11.3. The lowest BCUT2D eigenvalue weighted by molar-refractivity contribution is -0.135. The fourth-order valence-corrected chi connectivity index (χ4v) is 2.94. The van der Waals surface area contributed by atoms with Crippen LogP contribution in [-0.2, 0) is 19.0 Å². The van der Waals surface area contributed by atoms with Gasteiger partial charge in [-0.25, -0.2) is 4.79 Å². The van der Waals surface area contributed by atoms with Crippen molar-refractivity contribution in [1.29, 1.82) is 0 Å². The normalized spacial score (nSPS) is 30.2. The van der Waals surface area contributed by atoms with Crippen molar-refractivity contribution in [3.8, 4) is 0 Å². The van der Waals surface area contributed by atoms with Crippen LogP contribution in [0, 0.1) is 5.41 Å². The molecule has 4 heteroatoms. The molecule has 0 N–H and O–H groups in total. The molecule has 2 aliphatic rings. The zero-order valence-electron chi connectivity index (χ0n) is 10.7. The fraction of sp³-hybridized carbons (Fsp3) is 0.769. The van der Waals surface area contributed by atoms with Gasteiger partial charge in [0.05, 0.1) is 19.3 Å². The highest BCUT2D eigenvalue weighted by Gasteiger charge is 2.58. The summed E-state index contributed by atoms with van der Waals surface area (Å²) in [4.78, 5) is 11.3. The van der Waals surface area contributed by atoms with Crippen LogP contribution in [0.4, 0.5) is 0 Å². The molecule has 0 radical (unpaired) electrons. The molecule has 17 heavy (non-hydrogen) atoms. The van der Waals surface area contributed by atoms with Crippen LogP contribution < -0.4 is 0 Å². The maximum Gasteiger partial charge on any atom is 0.330 e. The van der Waals surface area contributed by atoms with Crippen molar-refractivity contribution in [2.45, 2.75) is 37.9 Å². The summed E-state index contributed by atoms with van der Waals surface area (Å²) >= 11 is 0. The molecule has 0 aliphatic heterocycles. The summed E-state index contributed by atoms with van der Waals surface area (Å²) in [6, 6.07) is 0. The molecule has 0 heterocycles. The van der Waals surface area contributed by atoms with E-state index in [0.29, 0.717) is 0 Å². The number of carbonyl (C=O) groups excluding carboxylic acids is 1. The van der Waals surface area contributed by atoms with Gasteiger partial charge in [-0.15, -0.1) is 0 Å². The van der Waals surface area contributed by atoms with E-state index in [0.717, 1.165) is 31.3 Å². The Morgan fingerprint density at radius 2 is 1.71 bits per heavy atom. The Bertz CT molecular complexity index is 312. The summed E-state index contributed by atoms with van der Waals surface area (Å²) in [7, 11) is 4.86. The quantitative estimate of drug-likeness (QED) is 0.556. The van der Waals surface area contributed by atoms with Gasteiger partial charge in [0.2, 0.25) is 0 Å². The van der Waals surface area contributed by atoms with Gasteiger partial charge in [0, 0.05) is 25.7 Å². The van der Waals surface area contributed by atoms with Gasteiger partial charge < -0.3 is 14.2 Å². The predicted molar refractivity (Wildman–Crippen MR) is 62.6 cm³/mol. The van der Waals surface area contributed by atoms with Crippen LogP contribution in [0.2, 0.25) is 0 Å². The van der Waals surface area contributed by atoms with Crippen molar-refractivity contribution in [1.82, 2.24) is 0 Å². The first-order chi connectivity index (χ1) is 8.16. The van der Waals surface area contributed by atoms with Gasteiger partial charge in [-0.05, 0) is 25.7 Å². The number of carbonyl (C=O) groups is 1. The lowest BCUT2D eigenvalue weighted by Gasteiger charge is -2.38. The molecule has 1 spiro atoms. The average Bonchev–Trinajstić information content (AvgIpc) is 3.12. The molecule has 2 atom stereocenters. The molecule has 2 rings (SSSR count). The summed E-state index contributed by atoms with van der Waals surface area (Å²) < 4.78 is 15.8. The highest BCUT2D eigenvalue weighted by Crippen LogP contribution is 2.59. The van der Waals surface area contributed by atoms with Gasteiger partial charge in [-0.1, -0.05) is 5.57 Å². The second-order valence-electron chi connectivity index (χ2n) is 4.92. The Morgan fingerprint density at radius 3 is 2.06 bits per heavy atom. The summed E-state index contributed by atoms with van der Waals surface area (Å²) in [5.74, 6) is -0.295. The summed E-state index contributed by atoms with van der Waals surface area (Å²) in [5, 5.41) is 0. The molecule has 2 unspecified atom stereocenters. The maximum absolute atomic E-state index is 11.3. The van der Waals surface area contributed by atoms with Crippen molar-refractivity contribution in [2.24, 2.45) is 5.41 Å². The lowest BCUT2D eigenvalue weighted by Crippen LogP contribution is -2.41. The van der Waals surface area contributed by atoms with E-state index in [2.05, 4.69) is 4.74 Å². The van der Waals surface area contributed by atoms with Crippen LogP contribution in [-0.4, -0.2) is 39.5 Å². The van der Waals surface area contributed by atoms with Crippen molar-refractivity contribution < 1.29 is 19.0 Å². The van der Waals surface area contributed by atoms with E-state index in [-0.39, 0.29) is 23.6 Å². The molecule has 0 aromatic carbocycles. The molecule has 2 saturated carbocycles. The van der Waals surface area contributed by atoms with Gasteiger partial charge in [-0.3, -0.25) is 0 Å². The smallest absolute Gasteiger partial charge is 0.330 e. The monoisotopic (exact) mass is 240 g/mol. The predicted octanol–water partition coefficient (Wildman–Crippen LogP) is 1.69. The van der Waals surface area contributed by atoms with Crippen LogP contribution in [0.3, 0.4) is 0 Å². The molecular formula is C13H20O4. The summed E-state index contributed by atoms with van der Waals surface area (Å²) in [6.45, 7) is 0. The molecular weight excluding hydrogens is 220 g/mol. The van der Waals surface area contributed by atoms with Crippen LogP contribution >= 0.6 is 0 Å². The van der Waals surface area contributed by atoms with Crippen molar-refractivity contribution in [2.75, 3.05) is 21.3 Å². The standard InChI is InChI=1S/C13H20O4/c1-15-10-6-9(8-12(14)17-3)7-11(16-2)13(10)4-5-13/h8,10-11H,4-7H2,1-3H3. The van der Waals surface area contributed by atoms with Crippen molar-refractivity contribution in [3.05, 3.63) is 11.6 Å². The first-order valence-electron chi connectivity index (χ1n) is 5.99. The lowest BCUT2D eigenvalue weighted by atomic mass is 9.78. The van der Waals surface area contributed by atoms with E-state index in [1.807, 2.05) is 0 Å². The summed E-state index contributed by atoms with van der Waals surface area (Å²) in [5.41, 5.74) is 1.25. The number of ether oxygens (including phenoxy) is 3. The second-order valence-corrected chi connectivity index (χ2v) is 4.92. The number of esters is 1. The van der Waals surface area contributed by atoms with Gasteiger partial charge in [-0.2, -0.15) is 0 Å². The zero-order valence-corrected chi connectivity index (χ0v) is 10.7. The Kier molecular flexibility index (Phi) is 3.54. The van der Waals surface area contributed by atoms with Crippen LogP contribution in [0.25, 0.3) is 0 Å². The molecule has 0 saturated heterocycles. The zero-order chi connectivity index (χ0) is 12.5. The van der Waals surface area contributed by atoms with E-state index >= 15 is 0 Å². The topological polar surface area (TPSA) is 44.8 Å². The minimum absolute atomic E-state index is 0.164. The average molecular weight is 240 g/mol. The Labute approximate surface area is 102 Å².